The first-order valence-corrected chi connectivity index (χ1v) is 4.05. The molecule has 4 nitrogen and oxygen atoms in total. The molecule has 0 aromatic carbocycles. The van der Waals surface area contributed by atoms with Crippen molar-refractivity contribution in [3.8, 4) is 0 Å². The molecule has 0 radical (unpaired) electrons. The Morgan fingerprint density at radius 2 is 2.36 bits per heavy atom. The third-order valence-electron chi connectivity index (χ3n) is 2.03. The van der Waals surface area contributed by atoms with E-state index in [1.165, 1.54) is 6.42 Å². The largest absolute Gasteiger partial charge is 0.354 e. The van der Waals surface area contributed by atoms with Crippen molar-refractivity contribution in [3.05, 3.63) is 6.20 Å². The minimum Gasteiger partial charge on any atom is -0.354 e. The van der Waals surface area contributed by atoms with Crippen molar-refractivity contribution >= 4 is 5.82 Å². The summed E-state index contributed by atoms with van der Waals surface area (Å²) in [6, 6.07) is 0. The van der Waals surface area contributed by atoms with Crippen LogP contribution in [0.4, 0.5) is 5.82 Å². The Balaban J connectivity index is 2.11. The fourth-order valence-corrected chi connectivity index (χ4v) is 1.13. The fraction of sp³-hybridized carbons (Fsp3) is 0.714. The van der Waals surface area contributed by atoms with Gasteiger partial charge < -0.3 is 4.90 Å². The maximum atomic E-state index is 4.05. The van der Waals surface area contributed by atoms with Crippen molar-refractivity contribution in [2.75, 3.05) is 18.0 Å². The number of hydrogen-bond acceptors (Lipinski definition) is 3. The minimum atomic E-state index is 0.904. The van der Waals surface area contributed by atoms with Crippen LogP contribution in [-0.2, 0) is 6.54 Å². The Hall–Kier alpha value is -1.06. The van der Waals surface area contributed by atoms with Gasteiger partial charge in [0.1, 0.15) is 0 Å². The van der Waals surface area contributed by atoms with E-state index in [9.17, 15) is 0 Å². The standard InChI is InChI=1S/C7H12N4/c1-2-11-6-7(8-9-11)10-4-3-5-10/h6H,2-5H2,1H3. The molecule has 1 fully saturated rings. The Bertz CT molecular complexity index is 238. The van der Waals surface area contributed by atoms with Crippen LogP contribution >= 0.6 is 0 Å². The monoisotopic (exact) mass is 152 g/mol. The molecule has 2 rings (SSSR count). The first-order valence-electron chi connectivity index (χ1n) is 4.05. The summed E-state index contributed by atoms with van der Waals surface area (Å²) in [6.07, 6.45) is 3.29. The third-order valence-corrected chi connectivity index (χ3v) is 2.03. The Labute approximate surface area is 65.8 Å². The van der Waals surface area contributed by atoms with Gasteiger partial charge in [0.15, 0.2) is 5.82 Å². The lowest BCUT2D eigenvalue weighted by Gasteiger charge is -2.30. The molecule has 11 heavy (non-hydrogen) atoms. The zero-order valence-corrected chi connectivity index (χ0v) is 6.69. The Morgan fingerprint density at radius 3 is 2.82 bits per heavy atom. The first-order chi connectivity index (χ1) is 5.40. The van der Waals surface area contributed by atoms with Gasteiger partial charge in [-0.1, -0.05) is 5.21 Å². The fourth-order valence-electron chi connectivity index (χ4n) is 1.13. The molecule has 0 bridgehead atoms. The number of rotatable bonds is 2. The van der Waals surface area contributed by atoms with E-state index in [2.05, 4.69) is 22.1 Å². The summed E-state index contributed by atoms with van der Waals surface area (Å²) in [5.74, 6) is 1.03. The lowest BCUT2D eigenvalue weighted by atomic mass is 10.2. The summed E-state index contributed by atoms with van der Waals surface area (Å²) in [7, 11) is 0. The summed E-state index contributed by atoms with van der Waals surface area (Å²) >= 11 is 0. The zero-order chi connectivity index (χ0) is 7.68. The van der Waals surface area contributed by atoms with E-state index in [-0.39, 0.29) is 0 Å². The van der Waals surface area contributed by atoms with Crippen LogP contribution in [0, 0.1) is 0 Å². The van der Waals surface area contributed by atoms with Crippen molar-refractivity contribution in [3.63, 3.8) is 0 Å². The second kappa shape index (κ2) is 2.53. The highest BCUT2D eigenvalue weighted by atomic mass is 15.5. The molecule has 1 aliphatic heterocycles. The molecule has 1 saturated heterocycles. The molecule has 0 saturated carbocycles. The van der Waals surface area contributed by atoms with E-state index in [0.29, 0.717) is 0 Å². The van der Waals surface area contributed by atoms with Gasteiger partial charge in [0.05, 0.1) is 6.20 Å². The quantitative estimate of drug-likeness (QED) is 0.619. The summed E-state index contributed by atoms with van der Waals surface area (Å²) in [5.41, 5.74) is 0. The van der Waals surface area contributed by atoms with Crippen LogP contribution in [0.15, 0.2) is 6.20 Å². The third kappa shape index (κ3) is 1.08. The van der Waals surface area contributed by atoms with Gasteiger partial charge in [-0.25, -0.2) is 0 Å². The van der Waals surface area contributed by atoms with Crippen molar-refractivity contribution < 1.29 is 0 Å². The first kappa shape index (κ1) is 6.64. The summed E-state index contributed by atoms with van der Waals surface area (Å²) in [5, 5.41) is 8.01. The minimum absolute atomic E-state index is 0.904. The van der Waals surface area contributed by atoms with E-state index in [4.69, 9.17) is 0 Å². The van der Waals surface area contributed by atoms with E-state index in [0.717, 1.165) is 25.5 Å². The molecule has 2 heterocycles. The van der Waals surface area contributed by atoms with E-state index in [1.807, 2.05) is 10.9 Å². The molecule has 0 amide bonds. The van der Waals surface area contributed by atoms with Gasteiger partial charge in [0.25, 0.3) is 0 Å². The molecule has 0 N–H and O–H groups in total. The van der Waals surface area contributed by atoms with Crippen LogP contribution in [0.25, 0.3) is 0 Å². The predicted molar refractivity (Wildman–Crippen MR) is 42.5 cm³/mol. The van der Waals surface area contributed by atoms with Crippen molar-refractivity contribution in [2.24, 2.45) is 0 Å². The number of aromatic nitrogens is 3. The molecule has 0 atom stereocenters. The molecule has 4 heteroatoms. The number of anilines is 1. The van der Waals surface area contributed by atoms with Crippen molar-refractivity contribution in [1.82, 2.24) is 15.0 Å². The normalized spacial score (nSPS) is 16.6. The topological polar surface area (TPSA) is 34.0 Å². The highest BCUT2D eigenvalue weighted by Crippen LogP contribution is 2.15. The van der Waals surface area contributed by atoms with Gasteiger partial charge in [-0.3, -0.25) is 4.68 Å². The number of nitrogens with zero attached hydrogens (tertiary/aromatic N) is 4. The highest BCUT2D eigenvalue weighted by Gasteiger charge is 2.16. The van der Waals surface area contributed by atoms with Gasteiger partial charge >= 0.3 is 0 Å². The van der Waals surface area contributed by atoms with E-state index < -0.39 is 0 Å². The SMILES string of the molecule is CCn1cc(N2CCC2)nn1. The van der Waals surface area contributed by atoms with Crippen molar-refractivity contribution in [1.29, 1.82) is 0 Å². The van der Waals surface area contributed by atoms with Gasteiger partial charge in [-0.05, 0) is 13.3 Å². The van der Waals surface area contributed by atoms with Crippen LogP contribution in [-0.4, -0.2) is 28.1 Å². The van der Waals surface area contributed by atoms with Crippen LogP contribution in [0.5, 0.6) is 0 Å². The average Bonchev–Trinajstić information content (AvgIpc) is 2.32. The van der Waals surface area contributed by atoms with Crippen LogP contribution in [0.1, 0.15) is 13.3 Å². The molecule has 1 aliphatic rings. The smallest absolute Gasteiger partial charge is 0.171 e. The number of aryl methyl sites for hydroxylation is 1. The second-order valence-electron chi connectivity index (χ2n) is 2.77. The predicted octanol–water partition coefficient (Wildman–Crippen LogP) is 0.508. The van der Waals surface area contributed by atoms with Crippen molar-refractivity contribution in [2.45, 2.75) is 19.9 Å². The van der Waals surface area contributed by atoms with Gasteiger partial charge in [-0.15, -0.1) is 5.10 Å². The Morgan fingerprint density at radius 1 is 1.55 bits per heavy atom. The lowest BCUT2D eigenvalue weighted by molar-refractivity contribution is 0.607. The molecular weight excluding hydrogens is 140 g/mol. The Kier molecular flexibility index (Phi) is 1.52. The number of hydrogen-bond donors (Lipinski definition) is 0. The van der Waals surface area contributed by atoms with Crippen LogP contribution in [0.3, 0.4) is 0 Å². The van der Waals surface area contributed by atoms with E-state index >= 15 is 0 Å². The van der Waals surface area contributed by atoms with Gasteiger partial charge in [0, 0.05) is 19.6 Å². The second-order valence-corrected chi connectivity index (χ2v) is 2.77. The average molecular weight is 152 g/mol. The summed E-state index contributed by atoms with van der Waals surface area (Å²) in [6.45, 7) is 5.25. The zero-order valence-electron chi connectivity index (χ0n) is 6.69. The highest BCUT2D eigenvalue weighted by molar-refractivity contribution is 5.37. The summed E-state index contributed by atoms with van der Waals surface area (Å²) in [4.78, 5) is 2.24. The molecule has 0 aliphatic carbocycles. The molecule has 1 aromatic heterocycles. The maximum Gasteiger partial charge on any atom is 0.171 e. The van der Waals surface area contributed by atoms with Crippen LogP contribution in [0.2, 0.25) is 0 Å². The lowest BCUT2D eigenvalue weighted by Crippen LogP contribution is -2.37. The van der Waals surface area contributed by atoms with Crippen LogP contribution < -0.4 is 4.90 Å². The molecule has 0 unspecified atom stereocenters. The molecule has 1 aromatic rings. The molecule has 0 spiro atoms. The van der Waals surface area contributed by atoms with E-state index in [1.54, 1.807) is 0 Å². The van der Waals surface area contributed by atoms with Gasteiger partial charge in [-0.2, -0.15) is 0 Å². The summed E-state index contributed by atoms with van der Waals surface area (Å²) < 4.78 is 1.85. The van der Waals surface area contributed by atoms with Gasteiger partial charge in [0.2, 0.25) is 0 Å². The molecular formula is C7H12N4. The maximum absolute atomic E-state index is 4.05. The molecule has 60 valence electrons.